The summed E-state index contributed by atoms with van der Waals surface area (Å²) < 4.78 is 17.0. The van der Waals surface area contributed by atoms with Crippen LogP contribution in [-0.2, 0) is 6.61 Å². The molecule has 2 aromatic carbocycles. The van der Waals surface area contributed by atoms with Crippen LogP contribution in [0.1, 0.15) is 22.3 Å². The topological polar surface area (TPSA) is 51.2 Å². The Morgan fingerprint density at radius 3 is 2.29 bits per heavy atom. The minimum Gasteiger partial charge on any atom is -0.493 e. The summed E-state index contributed by atoms with van der Waals surface area (Å²) in [7, 11) is 5.22. The van der Waals surface area contributed by atoms with Crippen molar-refractivity contribution in [2.45, 2.75) is 13.0 Å². The zero-order chi connectivity index (χ0) is 19.9. The maximum atomic E-state index is 13.0. The maximum Gasteiger partial charge on any atom is 0.254 e. The smallest absolute Gasteiger partial charge is 0.254 e. The van der Waals surface area contributed by atoms with Crippen LogP contribution in [0.25, 0.3) is 0 Å². The van der Waals surface area contributed by atoms with Crippen molar-refractivity contribution in [1.82, 2.24) is 9.80 Å². The van der Waals surface area contributed by atoms with Gasteiger partial charge in [0, 0.05) is 25.2 Å². The van der Waals surface area contributed by atoms with Crippen LogP contribution in [0.4, 0.5) is 0 Å². The Morgan fingerprint density at radius 2 is 1.64 bits per heavy atom. The summed E-state index contributed by atoms with van der Waals surface area (Å²) in [6.07, 6.45) is 0.967. The van der Waals surface area contributed by atoms with Crippen LogP contribution in [0.15, 0.2) is 42.5 Å². The lowest BCUT2D eigenvalue weighted by atomic mass is 10.1. The molecule has 1 heterocycles. The predicted molar refractivity (Wildman–Crippen MR) is 108 cm³/mol. The molecule has 2 aromatic rings. The Balaban J connectivity index is 1.82. The normalized spacial score (nSPS) is 15.0. The third kappa shape index (κ3) is 4.75. The lowest BCUT2D eigenvalue weighted by Crippen LogP contribution is -2.34. The molecule has 0 atom stereocenters. The Bertz CT molecular complexity index is 769. The summed E-state index contributed by atoms with van der Waals surface area (Å²) in [5, 5.41) is 0. The fourth-order valence-electron chi connectivity index (χ4n) is 3.31. The quantitative estimate of drug-likeness (QED) is 0.766. The molecular weight excluding hydrogens is 356 g/mol. The number of hydrogen-bond donors (Lipinski definition) is 0. The summed E-state index contributed by atoms with van der Waals surface area (Å²) in [4.78, 5) is 17.2. The van der Waals surface area contributed by atoms with Gasteiger partial charge in [0.05, 0.1) is 14.2 Å². The predicted octanol–water partition coefficient (Wildman–Crippen LogP) is 3.06. The van der Waals surface area contributed by atoms with E-state index in [1.807, 2.05) is 35.2 Å². The summed E-state index contributed by atoms with van der Waals surface area (Å²) >= 11 is 0. The molecule has 0 aromatic heterocycles. The molecule has 3 rings (SSSR count). The summed E-state index contributed by atoms with van der Waals surface area (Å²) in [5.74, 6) is 1.47. The largest absolute Gasteiger partial charge is 0.493 e. The molecule has 6 nitrogen and oxygen atoms in total. The van der Waals surface area contributed by atoms with E-state index >= 15 is 0 Å². The number of hydrogen-bond acceptors (Lipinski definition) is 5. The zero-order valence-electron chi connectivity index (χ0n) is 16.8. The van der Waals surface area contributed by atoms with Crippen molar-refractivity contribution >= 4 is 5.91 Å². The lowest BCUT2D eigenvalue weighted by molar-refractivity contribution is 0.0762. The lowest BCUT2D eigenvalue weighted by Gasteiger charge is -2.22. The molecule has 1 aliphatic rings. The van der Waals surface area contributed by atoms with Crippen LogP contribution in [0.2, 0.25) is 0 Å². The number of methoxy groups -OCH3 is 2. The standard InChI is InChI=1S/C22H28N2O4/c1-23-10-7-11-24(13-12-23)22(25)18-14-19(26-2)21(20(15-18)27-3)28-16-17-8-5-4-6-9-17/h4-6,8-9,14-15H,7,10-13,16H2,1-3H3. The van der Waals surface area contributed by atoms with Gasteiger partial charge in [-0.2, -0.15) is 0 Å². The van der Waals surface area contributed by atoms with Crippen molar-refractivity contribution in [2.75, 3.05) is 47.4 Å². The molecule has 0 N–H and O–H groups in total. The molecule has 6 heteroatoms. The van der Waals surface area contributed by atoms with E-state index in [1.165, 1.54) is 0 Å². The van der Waals surface area contributed by atoms with Crippen LogP contribution in [-0.4, -0.2) is 63.2 Å². The molecule has 0 radical (unpaired) electrons. The van der Waals surface area contributed by atoms with Gasteiger partial charge in [-0.25, -0.2) is 0 Å². The number of rotatable bonds is 6. The van der Waals surface area contributed by atoms with Crippen molar-refractivity contribution in [3.8, 4) is 17.2 Å². The number of ether oxygens (including phenoxy) is 3. The van der Waals surface area contributed by atoms with Gasteiger partial charge in [-0.3, -0.25) is 4.79 Å². The van der Waals surface area contributed by atoms with Crippen LogP contribution >= 0.6 is 0 Å². The summed E-state index contributed by atoms with van der Waals surface area (Å²) in [5.41, 5.74) is 1.59. The van der Waals surface area contributed by atoms with E-state index in [9.17, 15) is 4.79 Å². The average Bonchev–Trinajstić information content (AvgIpc) is 2.96. The fraction of sp³-hybridized carbons (Fsp3) is 0.409. The van der Waals surface area contributed by atoms with E-state index < -0.39 is 0 Å². The van der Waals surface area contributed by atoms with Gasteiger partial charge in [-0.1, -0.05) is 30.3 Å². The molecule has 0 bridgehead atoms. The molecule has 0 spiro atoms. The number of benzene rings is 2. The van der Waals surface area contributed by atoms with Crippen molar-refractivity contribution in [3.63, 3.8) is 0 Å². The highest BCUT2D eigenvalue weighted by molar-refractivity contribution is 5.95. The Hall–Kier alpha value is -2.73. The fourth-order valence-corrected chi connectivity index (χ4v) is 3.31. The second-order valence-corrected chi connectivity index (χ2v) is 6.93. The van der Waals surface area contributed by atoms with Crippen LogP contribution in [0.3, 0.4) is 0 Å². The van der Waals surface area contributed by atoms with Gasteiger partial charge in [0.25, 0.3) is 5.91 Å². The van der Waals surface area contributed by atoms with Crippen molar-refractivity contribution < 1.29 is 19.0 Å². The van der Waals surface area contributed by atoms with Crippen LogP contribution in [0, 0.1) is 0 Å². The van der Waals surface area contributed by atoms with E-state index in [4.69, 9.17) is 14.2 Å². The maximum absolute atomic E-state index is 13.0. The third-order valence-corrected chi connectivity index (χ3v) is 4.94. The van der Waals surface area contributed by atoms with E-state index in [0.717, 1.165) is 31.6 Å². The molecule has 1 amide bonds. The number of carbonyl (C=O) groups excluding carboxylic acids is 1. The van der Waals surface area contributed by atoms with Gasteiger partial charge < -0.3 is 24.0 Å². The monoisotopic (exact) mass is 384 g/mol. The van der Waals surface area contributed by atoms with Crippen LogP contribution in [0.5, 0.6) is 17.2 Å². The van der Waals surface area contributed by atoms with Crippen LogP contribution < -0.4 is 14.2 Å². The van der Waals surface area contributed by atoms with Gasteiger partial charge >= 0.3 is 0 Å². The molecule has 0 aliphatic carbocycles. The number of carbonyl (C=O) groups is 1. The number of nitrogens with zero attached hydrogens (tertiary/aromatic N) is 2. The highest BCUT2D eigenvalue weighted by Crippen LogP contribution is 2.39. The van der Waals surface area contributed by atoms with Crippen molar-refractivity contribution in [3.05, 3.63) is 53.6 Å². The minimum atomic E-state index is -0.0125. The van der Waals surface area contributed by atoms with E-state index in [0.29, 0.717) is 36.0 Å². The highest BCUT2D eigenvalue weighted by atomic mass is 16.5. The first-order valence-electron chi connectivity index (χ1n) is 9.53. The molecule has 0 unspecified atom stereocenters. The second-order valence-electron chi connectivity index (χ2n) is 6.93. The molecule has 1 aliphatic heterocycles. The molecular formula is C22H28N2O4. The molecule has 150 valence electrons. The Labute approximate surface area is 166 Å². The number of likely N-dealkylation sites (N-methyl/N-ethyl adjacent to an activating group) is 1. The zero-order valence-corrected chi connectivity index (χ0v) is 16.8. The van der Waals surface area contributed by atoms with Gasteiger partial charge in [0.2, 0.25) is 5.75 Å². The SMILES string of the molecule is COc1cc(C(=O)N2CCCN(C)CC2)cc(OC)c1OCc1ccccc1. The summed E-state index contributed by atoms with van der Waals surface area (Å²) in [6.45, 7) is 3.73. The highest BCUT2D eigenvalue weighted by Gasteiger charge is 2.23. The second kappa shape index (κ2) is 9.46. The number of amides is 1. The van der Waals surface area contributed by atoms with E-state index in [1.54, 1.807) is 26.4 Å². The van der Waals surface area contributed by atoms with Gasteiger partial charge in [0.1, 0.15) is 6.61 Å². The van der Waals surface area contributed by atoms with Gasteiger partial charge in [-0.15, -0.1) is 0 Å². The van der Waals surface area contributed by atoms with Crippen molar-refractivity contribution in [1.29, 1.82) is 0 Å². The van der Waals surface area contributed by atoms with E-state index in [2.05, 4.69) is 11.9 Å². The van der Waals surface area contributed by atoms with E-state index in [-0.39, 0.29) is 5.91 Å². The van der Waals surface area contributed by atoms with Crippen molar-refractivity contribution in [2.24, 2.45) is 0 Å². The Morgan fingerprint density at radius 1 is 0.964 bits per heavy atom. The van der Waals surface area contributed by atoms with Gasteiger partial charge in [-0.05, 0) is 37.7 Å². The molecule has 1 fully saturated rings. The minimum absolute atomic E-state index is 0.0125. The Kier molecular flexibility index (Phi) is 6.76. The molecule has 28 heavy (non-hydrogen) atoms. The first kappa shape index (κ1) is 20.0. The first-order chi connectivity index (χ1) is 13.6. The summed E-state index contributed by atoms with van der Waals surface area (Å²) in [6, 6.07) is 13.4. The third-order valence-electron chi connectivity index (χ3n) is 4.94. The first-order valence-corrected chi connectivity index (χ1v) is 9.53. The molecule has 0 saturated carbocycles. The molecule has 1 saturated heterocycles. The average molecular weight is 384 g/mol. The van der Waals surface area contributed by atoms with Gasteiger partial charge in [0.15, 0.2) is 11.5 Å².